The second kappa shape index (κ2) is 6.91. The Labute approximate surface area is 129 Å². The fourth-order valence-corrected chi connectivity index (χ4v) is 2.69. The van der Waals surface area contributed by atoms with E-state index in [1.54, 1.807) is 11.9 Å². The van der Waals surface area contributed by atoms with Gasteiger partial charge in [-0.15, -0.1) is 0 Å². The van der Waals surface area contributed by atoms with Crippen LogP contribution in [0.1, 0.15) is 18.5 Å². The van der Waals surface area contributed by atoms with Crippen LogP contribution in [0, 0.1) is 0 Å². The molecule has 0 bridgehead atoms. The lowest BCUT2D eigenvalue weighted by molar-refractivity contribution is -0.140. The Kier molecular flexibility index (Phi) is 5.20. The molecule has 5 nitrogen and oxygen atoms in total. The molecule has 1 fully saturated rings. The third-order valence-corrected chi connectivity index (χ3v) is 4.08. The smallest absolute Gasteiger partial charge is 0.242 e. The molecule has 0 aliphatic carbocycles. The van der Waals surface area contributed by atoms with Crippen molar-refractivity contribution in [1.82, 2.24) is 15.1 Å². The molecule has 1 aromatic rings. The zero-order valence-electron chi connectivity index (χ0n) is 12.3. The number of hydrogen-bond acceptors (Lipinski definition) is 3. The third-order valence-electron chi connectivity index (χ3n) is 3.74. The van der Waals surface area contributed by atoms with Crippen LogP contribution in [0.3, 0.4) is 0 Å². The highest BCUT2D eigenvalue weighted by Gasteiger charge is 2.29. The zero-order valence-corrected chi connectivity index (χ0v) is 13.1. The van der Waals surface area contributed by atoms with Crippen molar-refractivity contribution < 1.29 is 9.59 Å². The molecular weight excluding hydrogens is 290 g/mol. The molecule has 2 rings (SSSR count). The summed E-state index contributed by atoms with van der Waals surface area (Å²) >= 11 is 6.25. The highest BCUT2D eigenvalue weighted by molar-refractivity contribution is 6.31. The van der Waals surface area contributed by atoms with Gasteiger partial charge in [-0.2, -0.15) is 0 Å². The maximum Gasteiger partial charge on any atom is 0.242 e. The Bertz CT molecular complexity index is 535. The Morgan fingerprint density at radius 3 is 2.81 bits per heavy atom. The molecule has 1 aliphatic rings. The molecular formula is C15H20ClN3O2. The van der Waals surface area contributed by atoms with Crippen molar-refractivity contribution in [3.05, 3.63) is 34.9 Å². The van der Waals surface area contributed by atoms with Gasteiger partial charge in [-0.25, -0.2) is 0 Å². The second-order valence-corrected chi connectivity index (χ2v) is 5.61. The Morgan fingerprint density at radius 2 is 2.14 bits per heavy atom. The van der Waals surface area contributed by atoms with Crippen molar-refractivity contribution in [1.29, 1.82) is 0 Å². The van der Waals surface area contributed by atoms with Gasteiger partial charge in [-0.1, -0.05) is 29.8 Å². The van der Waals surface area contributed by atoms with E-state index in [9.17, 15) is 9.59 Å². The quantitative estimate of drug-likeness (QED) is 0.915. The average molecular weight is 310 g/mol. The Balaban J connectivity index is 2.18. The average Bonchev–Trinajstić information content (AvgIpc) is 2.47. The lowest BCUT2D eigenvalue weighted by Crippen LogP contribution is -2.51. The summed E-state index contributed by atoms with van der Waals surface area (Å²) in [7, 11) is 1.63. The first-order valence-corrected chi connectivity index (χ1v) is 7.35. The van der Waals surface area contributed by atoms with Gasteiger partial charge < -0.3 is 15.1 Å². The molecule has 0 saturated carbocycles. The molecule has 1 atom stereocenters. The van der Waals surface area contributed by atoms with Crippen LogP contribution < -0.4 is 5.32 Å². The fourth-order valence-electron chi connectivity index (χ4n) is 2.43. The Hall–Kier alpha value is -1.59. The molecule has 114 valence electrons. The number of rotatable bonds is 3. The summed E-state index contributed by atoms with van der Waals surface area (Å²) in [5.41, 5.74) is 0.935. The fraction of sp³-hybridized carbons (Fsp3) is 0.467. The molecule has 1 saturated heterocycles. The molecule has 1 N–H and O–H groups in total. The maximum atomic E-state index is 12.5. The van der Waals surface area contributed by atoms with Crippen molar-refractivity contribution >= 4 is 23.4 Å². The molecule has 0 spiro atoms. The van der Waals surface area contributed by atoms with E-state index in [0.717, 1.165) is 12.1 Å². The van der Waals surface area contributed by atoms with Crippen LogP contribution in [0.15, 0.2) is 24.3 Å². The normalized spacial score (nSPS) is 18.4. The van der Waals surface area contributed by atoms with Gasteiger partial charge in [0.2, 0.25) is 11.8 Å². The van der Waals surface area contributed by atoms with Gasteiger partial charge in [0.05, 0.1) is 12.6 Å². The molecule has 1 aliphatic heterocycles. The van der Waals surface area contributed by atoms with Gasteiger partial charge in [-0.05, 0) is 11.6 Å². The predicted octanol–water partition coefficient (Wildman–Crippen LogP) is 1.29. The number of nitrogens with one attached hydrogen (secondary N) is 1. The van der Waals surface area contributed by atoms with E-state index in [0.29, 0.717) is 18.1 Å². The maximum absolute atomic E-state index is 12.5. The molecule has 2 amide bonds. The second-order valence-electron chi connectivity index (χ2n) is 5.20. The number of likely N-dealkylation sites (N-methyl/N-ethyl adjacent to an activating group) is 1. The van der Waals surface area contributed by atoms with Crippen molar-refractivity contribution in [2.24, 2.45) is 0 Å². The largest absolute Gasteiger partial charge is 0.337 e. The Morgan fingerprint density at radius 1 is 1.43 bits per heavy atom. The number of amides is 2. The number of nitrogens with zero attached hydrogens (tertiary/aromatic N) is 2. The van der Waals surface area contributed by atoms with E-state index in [1.165, 1.54) is 11.8 Å². The first kappa shape index (κ1) is 15.8. The van der Waals surface area contributed by atoms with Gasteiger partial charge in [0.1, 0.15) is 0 Å². The van der Waals surface area contributed by atoms with E-state index < -0.39 is 0 Å². The minimum atomic E-state index is -0.118. The number of carbonyl (C=O) groups is 2. The summed E-state index contributed by atoms with van der Waals surface area (Å²) in [6, 6.07) is 7.46. The van der Waals surface area contributed by atoms with Crippen LogP contribution >= 0.6 is 11.6 Å². The first-order chi connectivity index (χ1) is 10.0. The van der Waals surface area contributed by atoms with Gasteiger partial charge in [-0.3, -0.25) is 9.59 Å². The highest BCUT2D eigenvalue weighted by atomic mass is 35.5. The molecule has 0 radical (unpaired) electrons. The SMILES string of the molecule is CC(=O)N(C)CC(=O)N1CCNCC1c1ccccc1Cl. The molecule has 21 heavy (non-hydrogen) atoms. The first-order valence-electron chi connectivity index (χ1n) is 6.97. The van der Waals surface area contributed by atoms with Crippen LogP contribution in [0.25, 0.3) is 0 Å². The summed E-state index contributed by atoms with van der Waals surface area (Å²) in [4.78, 5) is 27.0. The van der Waals surface area contributed by atoms with Gasteiger partial charge in [0.15, 0.2) is 0 Å². The van der Waals surface area contributed by atoms with Crippen molar-refractivity contribution in [3.63, 3.8) is 0 Å². The van der Waals surface area contributed by atoms with Crippen molar-refractivity contribution in [2.75, 3.05) is 33.2 Å². The lowest BCUT2D eigenvalue weighted by Gasteiger charge is -2.37. The van der Waals surface area contributed by atoms with E-state index in [2.05, 4.69) is 5.32 Å². The van der Waals surface area contributed by atoms with Crippen molar-refractivity contribution in [3.8, 4) is 0 Å². The zero-order chi connectivity index (χ0) is 15.4. The summed E-state index contributed by atoms with van der Waals surface area (Å²) in [6.07, 6.45) is 0. The minimum Gasteiger partial charge on any atom is -0.337 e. The van der Waals surface area contributed by atoms with Crippen molar-refractivity contribution in [2.45, 2.75) is 13.0 Å². The third kappa shape index (κ3) is 3.74. The number of benzene rings is 1. The van der Waals surface area contributed by atoms with E-state index in [-0.39, 0.29) is 24.4 Å². The molecule has 1 unspecified atom stereocenters. The van der Waals surface area contributed by atoms with Crippen LogP contribution in [-0.2, 0) is 9.59 Å². The summed E-state index contributed by atoms with van der Waals surface area (Å²) in [5.74, 6) is -0.174. The summed E-state index contributed by atoms with van der Waals surface area (Å²) < 4.78 is 0. The van der Waals surface area contributed by atoms with E-state index >= 15 is 0 Å². The number of carbonyl (C=O) groups excluding carboxylic acids is 2. The summed E-state index contributed by atoms with van der Waals surface area (Å²) in [6.45, 7) is 3.57. The summed E-state index contributed by atoms with van der Waals surface area (Å²) in [5, 5.41) is 3.94. The molecule has 0 aromatic heterocycles. The van der Waals surface area contributed by atoms with E-state index in [1.807, 2.05) is 24.3 Å². The molecule has 1 aromatic carbocycles. The standard InChI is InChI=1S/C15H20ClN3O2/c1-11(20)18(2)10-15(21)19-8-7-17-9-14(19)12-5-3-4-6-13(12)16/h3-6,14,17H,7-10H2,1-2H3. The van der Waals surface area contributed by atoms with Gasteiger partial charge >= 0.3 is 0 Å². The number of halogens is 1. The van der Waals surface area contributed by atoms with E-state index in [4.69, 9.17) is 11.6 Å². The topological polar surface area (TPSA) is 52.7 Å². The minimum absolute atomic E-state index is 0.0564. The number of hydrogen-bond donors (Lipinski definition) is 1. The van der Waals surface area contributed by atoms with Gasteiger partial charge in [0, 0.05) is 38.6 Å². The molecule has 1 heterocycles. The van der Waals surface area contributed by atoms with Crippen LogP contribution in [0.5, 0.6) is 0 Å². The number of piperazine rings is 1. The van der Waals surface area contributed by atoms with Crippen LogP contribution in [-0.4, -0.2) is 54.8 Å². The highest BCUT2D eigenvalue weighted by Crippen LogP contribution is 2.28. The molecule has 6 heteroatoms. The van der Waals surface area contributed by atoms with Gasteiger partial charge in [0.25, 0.3) is 0 Å². The van der Waals surface area contributed by atoms with Crippen LogP contribution in [0.4, 0.5) is 0 Å². The predicted molar refractivity (Wildman–Crippen MR) is 82.1 cm³/mol. The lowest BCUT2D eigenvalue weighted by atomic mass is 10.0. The monoisotopic (exact) mass is 309 g/mol. The van der Waals surface area contributed by atoms with Crippen LogP contribution in [0.2, 0.25) is 5.02 Å².